The molecule has 4 rings (SSSR count). The smallest absolute Gasteiger partial charge is 0.276 e. The number of hydrogen-bond acceptors (Lipinski definition) is 4. The van der Waals surface area contributed by atoms with Crippen LogP contribution in [0, 0.1) is 5.92 Å². The summed E-state index contributed by atoms with van der Waals surface area (Å²) in [6, 6.07) is 1.83. The Bertz CT molecular complexity index is 523. The molecular formula is C15H20N2O3. The van der Waals surface area contributed by atoms with E-state index >= 15 is 0 Å². The van der Waals surface area contributed by atoms with E-state index in [-0.39, 0.29) is 5.91 Å². The van der Waals surface area contributed by atoms with E-state index in [1.807, 2.05) is 11.0 Å². The summed E-state index contributed by atoms with van der Waals surface area (Å²) in [6.45, 7) is 3.67. The maximum atomic E-state index is 12.5. The molecule has 1 aromatic rings. The predicted molar refractivity (Wildman–Crippen MR) is 71.4 cm³/mol. The number of carbonyl (C=O) groups excluding carboxylic acids is 1. The number of nitrogens with zero attached hydrogens (tertiary/aromatic N) is 2. The molecule has 5 nitrogen and oxygen atoms in total. The van der Waals surface area contributed by atoms with Crippen molar-refractivity contribution in [1.82, 2.24) is 10.1 Å². The highest BCUT2D eigenvalue weighted by atomic mass is 16.5. The lowest BCUT2D eigenvalue weighted by atomic mass is 9.93. The molecule has 1 saturated carbocycles. The maximum Gasteiger partial charge on any atom is 0.276 e. The van der Waals surface area contributed by atoms with E-state index in [2.05, 4.69) is 12.1 Å². The van der Waals surface area contributed by atoms with E-state index in [1.165, 1.54) is 0 Å². The molecule has 0 unspecified atom stereocenters. The Labute approximate surface area is 118 Å². The molecule has 5 heteroatoms. The van der Waals surface area contributed by atoms with Crippen molar-refractivity contribution in [2.24, 2.45) is 5.92 Å². The first-order valence-corrected chi connectivity index (χ1v) is 7.62. The molecule has 0 radical (unpaired) electrons. The molecule has 1 amide bonds. The zero-order valence-corrected chi connectivity index (χ0v) is 11.7. The topological polar surface area (TPSA) is 55.6 Å². The molecule has 3 fully saturated rings. The van der Waals surface area contributed by atoms with Gasteiger partial charge in [-0.05, 0) is 32.6 Å². The van der Waals surface area contributed by atoms with E-state index in [0.29, 0.717) is 29.7 Å². The number of hydrogen-bond donors (Lipinski definition) is 0. The number of likely N-dealkylation sites (tertiary alicyclic amines) is 1. The van der Waals surface area contributed by atoms with Crippen molar-refractivity contribution < 1.29 is 14.1 Å². The van der Waals surface area contributed by atoms with Gasteiger partial charge in [-0.3, -0.25) is 4.79 Å². The van der Waals surface area contributed by atoms with Crippen molar-refractivity contribution in [2.75, 3.05) is 13.1 Å². The highest BCUT2D eigenvalue weighted by Gasteiger charge is 2.39. The van der Waals surface area contributed by atoms with Gasteiger partial charge in [0.15, 0.2) is 5.69 Å². The van der Waals surface area contributed by atoms with E-state index in [1.54, 1.807) is 0 Å². The quantitative estimate of drug-likeness (QED) is 0.831. The first-order chi connectivity index (χ1) is 9.70. The van der Waals surface area contributed by atoms with Gasteiger partial charge in [0.05, 0.1) is 12.2 Å². The number of fused-ring (bicyclic) bond motifs is 1. The number of piperidine rings is 1. The summed E-state index contributed by atoms with van der Waals surface area (Å²) < 4.78 is 11.2. The van der Waals surface area contributed by atoms with Crippen molar-refractivity contribution >= 4 is 5.91 Å². The third kappa shape index (κ3) is 2.14. The summed E-state index contributed by atoms with van der Waals surface area (Å²) in [5.74, 6) is 1.87. The highest BCUT2D eigenvalue weighted by molar-refractivity contribution is 5.92. The second-order valence-corrected chi connectivity index (χ2v) is 6.41. The Morgan fingerprint density at radius 2 is 2.25 bits per heavy atom. The molecule has 3 heterocycles. The molecular weight excluding hydrogens is 256 g/mol. The van der Waals surface area contributed by atoms with Gasteiger partial charge in [0.25, 0.3) is 5.91 Å². The number of aromatic nitrogens is 1. The van der Waals surface area contributed by atoms with Gasteiger partial charge in [-0.2, -0.15) is 0 Å². The molecule has 20 heavy (non-hydrogen) atoms. The average molecular weight is 276 g/mol. The molecule has 3 atom stereocenters. The Morgan fingerprint density at radius 1 is 1.40 bits per heavy atom. The summed E-state index contributed by atoms with van der Waals surface area (Å²) in [7, 11) is 0. The first kappa shape index (κ1) is 12.4. The summed E-state index contributed by atoms with van der Waals surface area (Å²) in [6.07, 6.45) is 4.98. The SMILES string of the molecule is C[C@H]1C[C@H]2CN(C(=O)c3cc(C4CC4)on3)CC[C@@H]2O1. The van der Waals surface area contributed by atoms with Crippen molar-refractivity contribution in [3.8, 4) is 0 Å². The van der Waals surface area contributed by atoms with Crippen LogP contribution in [0.2, 0.25) is 0 Å². The van der Waals surface area contributed by atoms with Gasteiger partial charge in [-0.15, -0.1) is 0 Å². The lowest BCUT2D eigenvalue weighted by Gasteiger charge is -2.33. The Balaban J connectivity index is 1.45. The number of rotatable bonds is 2. The molecule has 0 bridgehead atoms. The fraction of sp³-hybridized carbons (Fsp3) is 0.733. The lowest BCUT2D eigenvalue weighted by Crippen LogP contribution is -2.44. The van der Waals surface area contributed by atoms with Crippen LogP contribution >= 0.6 is 0 Å². The van der Waals surface area contributed by atoms with Crippen molar-refractivity contribution in [1.29, 1.82) is 0 Å². The third-order valence-electron chi connectivity index (χ3n) is 4.72. The Morgan fingerprint density at radius 3 is 3.05 bits per heavy atom. The van der Waals surface area contributed by atoms with Crippen LogP contribution in [-0.4, -0.2) is 41.3 Å². The van der Waals surface area contributed by atoms with E-state index in [0.717, 1.165) is 44.5 Å². The molecule has 2 aliphatic heterocycles. The van der Waals surface area contributed by atoms with Crippen LogP contribution in [-0.2, 0) is 4.74 Å². The largest absolute Gasteiger partial charge is 0.375 e. The number of carbonyl (C=O) groups is 1. The second kappa shape index (κ2) is 4.58. The van der Waals surface area contributed by atoms with Crippen LogP contribution < -0.4 is 0 Å². The van der Waals surface area contributed by atoms with Gasteiger partial charge in [-0.25, -0.2) is 0 Å². The van der Waals surface area contributed by atoms with Crippen LogP contribution in [0.3, 0.4) is 0 Å². The second-order valence-electron chi connectivity index (χ2n) is 6.41. The van der Waals surface area contributed by atoms with Gasteiger partial charge < -0.3 is 14.2 Å². The highest BCUT2D eigenvalue weighted by Crippen LogP contribution is 2.40. The van der Waals surface area contributed by atoms with Crippen LogP contribution in [0.25, 0.3) is 0 Å². The summed E-state index contributed by atoms with van der Waals surface area (Å²) in [4.78, 5) is 14.4. The Hall–Kier alpha value is -1.36. The average Bonchev–Trinajstić information content (AvgIpc) is 3.05. The fourth-order valence-electron chi connectivity index (χ4n) is 3.49. The number of amides is 1. The fourth-order valence-corrected chi connectivity index (χ4v) is 3.49. The molecule has 2 saturated heterocycles. The zero-order valence-electron chi connectivity index (χ0n) is 11.7. The van der Waals surface area contributed by atoms with E-state index in [9.17, 15) is 4.79 Å². The van der Waals surface area contributed by atoms with Crippen molar-refractivity contribution in [2.45, 2.75) is 50.7 Å². The molecule has 1 aromatic heterocycles. The summed E-state index contributed by atoms with van der Waals surface area (Å²) >= 11 is 0. The van der Waals surface area contributed by atoms with Gasteiger partial charge in [0.1, 0.15) is 5.76 Å². The molecule has 108 valence electrons. The molecule has 0 spiro atoms. The predicted octanol–water partition coefficient (Wildman–Crippen LogP) is 2.19. The van der Waals surface area contributed by atoms with Crippen LogP contribution in [0.15, 0.2) is 10.6 Å². The Kier molecular flexibility index (Phi) is 2.84. The normalized spacial score (nSPS) is 33.2. The molecule has 3 aliphatic rings. The minimum atomic E-state index is 0.0126. The van der Waals surface area contributed by atoms with Crippen molar-refractivity contribution in [3.05, 3.63) is 17.5 Å². The summed E-state index contributed by atoms with van der Waals surface area (Å²) in [5, 5.41) is 3.96. The van der Waals surface area contributed by atoms with Crippen LogP contribution in [0.1, 0.15) is 54.8 Å². The minimum Gasteiger partial charge on any atom is -0.375 e. The lowest BCUT2D eigenvalue weighted by molar-refractivity contribution is 0.00840. The first-order valence-electron chi connectivity index (χ1n) is 7.62. The molecule has 1 aliphatic carbocycles. The van der Waals surface area contributed by atoms with Gasteiger partial charge in [-0.1, -0.05) is 5.16 Å². The third-order valence-corrected chi connectivity index (χ3v) is 4.72. The standard InChI is InChI=1S/C15H20N2O3/c1-9-6-11-8-17(5-4-13(11)19-9)15(18)12-7-14(20-16-12)10-2-3-10/h7,9-11,13H,2-6,8H2,1H3/t9-,11-,13-/m0/s1. The summed E-state index contributed by atoms with van der Waals surface area (Å²) in [5.41, 5.74) is 0.470. The van der Waals surface area contributed by atoms with E-state index < -0.39 is 0 Å². The monoisotopic (exact) mass is 276 g/mol. The van der Waals surface area contributed by atoms with Gasteiger partial charge in [0, 0.05) is 31.0 Å². The maximum absolute atomic E-state index is 12.5. The van der Waals surface area contributed by atoms with Crippen molar-refractivity contribution in [3.63, 3.8) is 0 Å². The van der Waals surface area contributed by atoms with Crippen LogP contribution in [0.4, 0.5) is 0 Å². The van der Waals surface area contributed by atoms with Gasteiger partial charge >= 0.3 is 0 Å². The van der Waals surface area contributed by atoms with Crippen LogP contribution in [0.5, 0.6) is 0 Å². The molecule has 0 N–H and O–H groups in total. The van der Waals surface area contributed by atoms with Gasteiger partial charge in [0.2, 0.25) is 0 Å². The minimum absolute atomic E-state index is 0.0126. The number of ether oxygens (including phenoxy) is 1. The van der Waals surface area contributed by atoms with E-state index in [4.69, 9.17) is 9.26 Å². The zero-order chi connectivity index (χ0) is 13.7. The molecule has 0 aromatic carbocycles.